The molecule has 5 nitrogen and oxygen atoms in total. The summed E-state index contributed by atoms with van der Waals surface area (Å²) in [4.78, 5) is 12.1. The van der Waals surface area contributed by atoms with Crippen molar-refractivity contribution in [3.05, 3.63) is 23.3 Å². The maximum atomic E-state index is 12.1. The number of aliphatic hydroxyl groups is 1. The molecule has 0 atom stereocenters. The van der Waals surface area contributed by atoms with Crippen LogP contribution in [0.15, 0.2) is 12.1 Å². The van der Waals surface area contributed by atoms with Crippen LogP contribution in [0, 0.1) is 6.92 Å². The smallest absolute Gasteiger partial charge is 0.251 e. The summed E-state index contributed by atoms with van der Waals surface area (Å²) in [7, 11) is 3.11. The van der Waals surface area contributed by atoms with E-state index in [4.69, 9.17) is 9.47 Å². The van der Waals surface area contributed by atoms with Gasteiger partial charge in [-0.2, -0.15) is 0 Å². The van der Waals surface area contributed by atoms with Gasteiger partial charge in [-0.1, -0.05) is 0 Å². The number of nitrogens with one attached hydrogen (secondary N) is 1. The molecule has 0 radical (unpaired) electrons. The number of amides is 1. The lowest BCUT2D eigenvalue weighted by Crippen LogP contribution is -2.47. The Balaban J connectivity index is 2.12. The van der Waals surface area contributed by atoms with Gasteiger partial charge in [0.1, 0.15) is 11.5 Å². The Hall–Kier alpha value is -1.75. The van der Waals surface area contributed by atoms with Crippen molar-refractivity contribution < 1.29 is 19.4 Å². The molecule has 110 valence electrons. The first-order valence-electron chi connectivity index (χ1n) is 6.72. The van der Waals surface area contributed by atoms with Gasteiger partial charge in [-0.25, -0.2) is 0 Å². The number of benzene rings is 1. The molecule has 0 heterocycles. The minimum atomic E-state index is -0.728. The van der Waals surface area contributed by atoms with E-state index in [0.29, 0.717) is 17.1 Å². The van der Waals surface area contributed by atoms with Gasteiger partial charge in [0.2, 0.25) is 0 Å². The van der Waals surface area contributed by atoms with Gasteiger partial charge in [0, 0.05) is 17.7 Å². The third-order valence-electron chi connectivity index (χ3n) is 3.88. The van der Waals surface area contributed by atoms with Crippen LogP contribution in [0.25, 0.3) is 0 Å². The van der Waals surface area contributed by atoms with Crippen molar-refractivity contribution in [2.45, 2.75) is 31.8 Å². The second-order valence-corrected chi connectivity index (χ2v) is 5.27. The van der Waals surface area contributed by atoms with Gasteiger partial charge in [-0.15, -0.1) is 0 Å². The number of rotatable bonds is 5. The number of hydrogen-bond donors (Lipinski definition) is 2. The fourth-order valence-electron chi connectivity index (χ4n) is 2.33. The van der Waals surface area contributed by atoms with Crippen molar-refractivity contribution in [1.29, 1.82) is 0 Å². The van der Waals surface area contributed by atoms with Crippen molar-refractivity contribution in [3.63, 3.8) is 0 Å². The van der Waals surface area contributed by atoms with E-state index in [1.165, 1.54) is 0 Å². The quantitative estimate of drug-likeness (QED) is 0.860. The van der Waals surface area contributed by atoms with Crippen molar-refractivity contribution in [1.82, 2.24) is 5.32 Å². The largest absolute Gasteiger partial charge is 0.496 e. The van der Waals surface area contributed by atoms with Crippen LogP contribution in [0.5, 0.6) is 11.5 Å². The molecule has 0 aromatic heterocycles. The van der Waals surface area contributed by atoms with E-state index in [0.717, 1.165) is 24.8 Å². The molecule has 0 spiro atoms. The first kappa shape index (κ1) is 14.7. The third-order valence-corrected chi connectivity index (χ3v) is 3.88. The van der Waals surface area contributed by atoms with E-state index in [9.17, 15) is 9.90 Å². The maximum Gasteiger partial charge on any atom is 0.251 e. The zero-order valence-electron chi connectivity index (χ0n) is 12.2. The van der Waals surface area contributed by atoms with Crippen LogP contribution in [0.2, 0.25) is 0 Å². The van der Waals surface area contributed by atoms with Crippen molar-refractivity contribution in [2.75, 3.05) is 20.8 Å². The predicted molar refractivity (Wildman–Crippen MR) is 75.4 cm³/mol. The molecule has 0 saturated heterocycles. The summed E-state index contributed by atoms with van der Waals surface area (Å²) in [5.74, 6) is 0.982. The molecule has 0 bridgehead atoms. The van der Waals surface area contributed by atoms with Crippen molar-refractivity contribution in [2.24, 2.45) is 0 Å². The van der Waals surface area contributed by atoms with Crippen molar-refractivity contribution >= 4 is 5.91 Å². The molecule has 1 amide bonds. The monoisotopic (exact) mass is 279 g/mol. The maximum absolute atomic E-state index is 12.1. The molecular weight excluding hydrogens is 258 g/mol. The zero-order chi connectivity index (χ0) is 14.8. The van der Waals surface area contributed by atoms with Gasteiger partial charge in [0.25, 0.3) is 5.91 Å². The number of methoxy groups -OCH3 is 2. The minimum absolute atomic E-state index is 0.234. The summed E-state index contributed by atoms with van der Waals surface area (Å²) in [6.07, 6.45) is 2.50. The Bertz CT molecular complexity index is 484. The second kappa shape index (κ2) is 5.71. The van der Waals surface area contributed by atoms with Crippen LogP contribution in [-0.4, -0.2) is 37.4 Å². The summed E-state index contributed by atoms with van der Waals surface area (Å²) in [5, 5.41) is 12.8. The molecule has 1 fully saturated rings. The molecule has 5 heteroatoms. The van der Waals surface area contributed by atoms with Crippen LogP contribution in [0.3, 0.4) is 0 Å². The fourth-order valence-corrected chi connectivity index (χ4v) is 2.33. The van der Waals surface area contributed by atoms with Crippen LogP contribution < -0.4 is 14.8 Å². The van der Waals surface area contributed by atoms with E-state index >= 15 is 0 Å². The Morgan fingerprint density at radius 2 is 1.85 bits per heavy atom. The lowest BCUT2D eigenvalue weighted by atomic mass is 9.80. The number of carbonyl (C=O) groups excluding carboxylic acids is 1. The van der Waals surface area contributed by atoms with E-state index in [1.807, 2.05) is 6.92 Å². The summed E-state index contributed by atoms with van der Waals surface area (Å²) in [5.41, 5.74) is 0.588. The van der Waals surface area contributed by atoms with Crippen LogP contribution in [0.1, 0.15) is 35.2 Å². The number of ether oxygens (including phenoxy) is 2. The average Bonchev–Trinajstić information content (AvgIpc) is 2.42. The van der Waals surface area contributed by atoms with Gasteiger partial charge < -0.3 is 19.9 Å². The molecule has 1 aromatic carbocycles. The highest BCUT2D eigenvalue weighted by Gasteiger charge is 2.34. The summed E-state index contributed by atoms with van der Waals surface area (Å²) < 4.78 is 10.5. The summed E-state index contributed by atoms with van der Waals surface area (Å²) in [6.45, 7) is 2.15. The SMILES string of the molecule is COc1cc(C(=O)NCC2(O)CCC2)cc(OC)c1C. The molecular formula is C15H21NO4. The molecule has 2 N–H and O–H groups in total. The molecule has 0 unspecified atom stereocenters. The molecule has 0 aliphatic heterocycles. The van der Waals surface area contributed by atoms with E-state index < -0.39 is 5.60 Å². The molecule has 1 aliphatic rings. The molecule has 1 aliphatic carbocycles. The van der Waals surface area contributed by atoms with E-state index in [2.05, 4.69) is 5.32 Å². The van der Waals surface area contributed by atoms with Gasteiger partial charge in [0.05, 0.1) is 19.8 Å². The first-order chi connectivity index (χ1) is 9.49. The highest BCUT2D eigenvalue weighted by Crippen LogP contribution is 2.31. The number of hydrogen-bond acceptors (Lipinski definition) is 4. The fraction of sp³-hybridized carbons (Fsp3) is 0.533. The third kappa shape index (κ3) is 2.88. The number of carbonyl (C=O) groups is 1. The highest BCUT2D eigenvalue weighted by atomic mass is 16.5. The predicted octanol–water partition coefficient (Wildman–Crippen LogP) is 1.66. The topological polar surface area (TPSA) is 67.8 Å². The van der Waals surface area contributed by atoms with E-state index in [-0.39, 0.29) is 12.5 Å². The summed E-state index contributed by atoms with van der Waals surface area (Å²) in [6, 6.07) is 3.36. The minimum Gasteiger partial charge on any atom is -0.496 e. The van der Waals surface area contributed by atoms with Gasteiger partial charge in [-0.3, -0.25) is 4.79 Å². The molecule has 1 aromatic rings. The molecule has 2 rings (SSSR count). The Morgan fingerprint density at radius 1 is 1.30 bits per heavy atom. The Kier molecular flexibility index (Phi) is 4.18. The summed E-state index contributed by atoms with van der Waals surface area (Å²) >= 11 is 0. The molecule has 1 saturated carbocycles. The standard InChI is InChI=1S/C15H21NO4/c1-10-12(19-2)7-11(8-13(10)20-3)14(17)16-9-15(18)5-4-6-15/h7-8,18H,4-6,9H2,1-3H3,(H,16,17). The zero-order valence-corrected chi connectivity index (χ0v) is 12.2. The van der Waals surface area contributed by atoms with Crippen LogP contribution in [0.4, 0.5) is 0 Å². The van der Waals surface area contributed by atoms with Crippen LogP contribution in [-0.2, 0) is 0 Å². The van der Waals surface area contributed by atoms with Gasteiger partial charge in [0.15, 0.2) is 0 Å². The van der Waals surface area contributed by atoms with Crippen LogP contribution >= 0.6 is 0 Å². The second-order valence-electron chi connectivity index (χ2n) is 5.27. The lowest BCUT2D eigenvalue weighted by Gasteiger charge is -2.36. The Labute approximate surface area is 118 Å². The van der Waals surface area contributed by atoms with E-state index in [1.54, 1.807) is 26.4 Å². The van der Waals surface area contributed by atoms with Crippen molar-refractivity contribution in [3.8, 4) is 11.5 Å². The van der Waals surface area contributed by atoms with Gasteiger partial charge in [-0.05, 0) is 38.3 Å². The lowest BCUT2D eigenvalue weighted by molar-refractivity contribution is -0.0300. The van der Waals surface area contributed by atoms with Gasteiger partial charge >= 0.3 is 0 Å². The Morgan fingerprint density at radius 3 is 2.25 bits per heavy atom. The molecule has 20 heavy (non-hydrogen) atoms. The normalized spacial score (nSPS) is 16.2. The first-order valence-corrected chi connectivity index (χ1v) is 6.72. The average molecular weight is 279 g/mol. The highest BCUT2D eigenvalue weighted by molar-refractivity contribution is 5.95.